The number of pyridine rings is 1. The van der Waals surface area contributed by atoms with Crippen LogP contribution in [-0.2, 0) is 0 Å². The van der Waals surface area contributed by atoms with Crippen molar-refractivity contribution in [3.63, 3.8) is 0 Å². The first-order valence-corrected chi connectivity index (χ1v) is 9.76. The molecule has 4 aromatic rings. The first-order valence-electron chi connectivity index (χ1n) is 9.76. The number of nitrogens with one attached hydrogen (secondary N) is 1. The highest BCUT2D eigenvalue weighted by atomic mass is 19.1. The zero-order valence-electron chi connectivity index (χ0n) is 16.4. The van der Waals surface area contributed by atoms with E-state index in [-0.39, 0.29) is 17.5 Å². The molecule has 0 saturated carbocycles. The van der Waals surface area contributed by atoms with E-state index in [2.05, 4.69) is 27.2 Å². The highest BCUT2D eigenvalue weighted by molar-refractivity contribution is 5.82. The second-order valence-corrected chi connectivity index (χ2v) is 7.58. The molecular weight excluding hydrogens is 385 g/mol. The quantitative estimate of drug-likeness (QED) is 0.565. The van der Waals surface area contributed by atoms with Gasteiger partial charge in [-0.3, -0.25) is 4.79 Å². The Hall–Kier alpha value is -3.52. The Labute approximate surface area is 171 Å². The summed E-state index contributed by atoms with van der Waals surface area (Å²) < 4.78 is 21.1. The zero-order chi connectivity index (χ0) is 20.7. The maximum Gasteiger partial charge on any atom is 0.258 e. The van der Waals surface area contributed by atoms with Gasteiger partial charge in [-0.05, 0) is 62.0 Å². The summed E-state index contributed by atoms with van der Waals surface area (Å²) in [6, 6.07) is 13.5. The fourth-order valence-corrected chi connectivity index (χ4v) is 3.74. The second-order valence-electron chi connectivity index (χ2n) is 7.58. The molecule has 1 saturated heterocycles. The van der Waals surface area contributed by atoms with Gasteiger partial charge in [0.2, 0.25) is 0 Å². The van der Waals surface area contributed by atoms with Crippen LogP contribution in [0, 0.1) is 5.82 Å². The number of aromatic nitrogens is 4. The first kappa shape index (κ1) is 18.5. The minimum Gasteiger partial charge on any atom is -0.489 e. The predicted molar refractivity (Wildman–Crippen MR) is 111 cm³/mol. The molecule has 2 aromatic heterocycles. The summed E-state index contributed by atoms with van der Waals surface area (Å²) in [6.07, 6.45) is 2.91. The molecule has 30 heavy (non-hydrogen) atoms. The lowest BCUT2D eigenvalue weighted by atomic mass is 10.1. The number of benzene rings is 2. The van der Waals surface area contributed by atoms with E-state index >= 15 is 0 Å². The molecular formula is C22H20FN5O2. The van der Waals surface area contributed by atoms with Gasteiger partial charge in [0, 0.05) is 24.0 Å². The summed E-state index contributed by atoms with van der Waals surface area (Å²) in [4.78, 5) is 17.5. The minimum absolute atomic E-state index is 0.211. The van der Waals surface area contributed by atoms with Crippen molar-refractivity contribution in [2.75, 3.05) is 20.1 Å². The minimum atomic E-state index is -0.365. The molecule has 0 unspecified atom stereocenters. The molecule has 1 aliphatic rings. The van der Waals surface area contributed by atoms with Gasteiger partial charge in [0.15, 0.2) is 0 Å². The summed E-state index contributed by atoms with van der Waals surface area (Å²) in [5, 5.41) is 8.86. The fourth-order valence-electron chi connectivity index (χ4n) is 3.74. The van der Waals surface area contributed by atoms with Crippen LogP contribution in [0.5, 0.6) is 5.75 Å². The summed E-state index contributed by atoms with van der Waals surface area (Å²) >= 11 is 0. The molecule has 1 aliphatic heterocycles. The van der Waals surface area contributed by atoms with Gasteiger partial charge in [0.05, 0.1) is 17.4 Å². The number of fused-ring (bicyclic) bond motifs is 1. The van der Waals surface area contributed by atoms with Crippen molar-refractivity contribution in [1.82, 2.24) is 24.9 Å². The lowest BCUT2D eigenvalue weighted by Gasteiger charge is -2.14. The normalized spacial score (nSPS) is 16.9. The molecule has 5 rings (SSSR count). The van der Waals surface area contributed by atoms with Crippen molar-refractivity contribution < 1.29 is 9.13 Å². The lowest BCUT2D eigenvalue weighted by Crippen LogP contribution is -2.21. The number of halogens is 1. The highest BCUT2D eigenvalue weighted by Crippen LogP contribution is 2.22. The Kier molecular flexibility index (Phi) is 4.55. The molecule has 3 heterocycles. The first-order chi connectivity index (χ1) is 14.5. The van der Waals surface area contributed by atoms with E-state index in [1.54, 1.807) is 23.0 Å². The summed E-state index contributed by atoms with van der Waals surface area (Å²) in [5.74, 6) is 0.447. The van der Waals surface area contributed by atoms with E-state index in [1.807, 2.05) is 24.3 Å². The van der Waals surface area contributed by atoms with Crippen LogP contribution in [0.3, 0.4) is 0 Å². The Morgan fingerprint density at radius 2 is 2.00 bits per heavy atom. The monoisotopic (exact) mass is 405 g/mol. The van der Waals surface area contributed by atoms with Crippen LogP contribution in [0.2, 0.25) is 0 Å². The van der Waals surface area contributed by atoms with E-state index in [9.17, 15) is 9.18 Å². The maximum atomic E-state index is 13.5. The summed E-state index contributed by atoms with van der Waals surface area (Å²) in [5.41, 5.74) is 1.82. The number of likely N-dealkylation sites (N-methyl/N-ethyl adjacent to an activating group) is 1. The van der Waals surface area contributed by atoms with Gasteiger partial charge in [-0.1, -0.05) is 5.21 Å². The van der Waals surface area contributed by atoms with Gasteiger partial charge in [-0.15, -0.1) is 5.10 Å². The van der Waals surface area contributed by atoms with Gasteiger partial charge >= 0.3 is 0 Å². The number of hydrogen-bond acceptors (Lipinski definition) is 5. The average Bonchev–Trinajstić information content (AvgIpc) is 3.38. The summed E-state index contributed by atoms with van der Waals surface area (Å²) in [7, 11) is 2.09. The van der Waals surface area contributed by atoms with Crippen molar-refractivity contribution >= 4 is 10.9 Å². The Balaban J connectivity index is 1.39. The standard InChI is InChI=1S/C22H20FN5O2/c1-27-9-8-18(12-27)30-17-5-3-16(4-6-17)28-13-21(25-26-28)19-11-14-10-15(23)2-7-20(14)24-22(19)29/h2-7,10-11,13,18H,8-9,12H2,1H3,(H,24,29)/t18-/m1/s1. The number of nitrogens with zero attached hydrogens (tertiary/aromatic N) is 4. The van der Waals surface area contributed by atoms with Crippen LogP contribution in [0.1, 0.15) is 6.42 Å². The van der Waals surface area contributed by atoms with Crippen LogP contribution >= 0.6 is 0 Å². The van der Waals surface area contributed by atoms with Gasteiger partial charge in [0.1, 0.15) is 23.4 Å². The predicted octanol–water partition coefficient (Wildman–Crippen LogP) is 3.00. The van der Waals surface area contributed by atoms with Crippen LogP contribution in [0.15, 0.2) is 59.5 Å². The van der Waals surface area contributed by atoms with Gasteiger partial charge < -0.3 is 14.6 Å². The van der Waals surface area contributed by atoms with Crippen LogP contribution in [0.4, 0.5) is 4.39 Å². The lowest BCUT2D eigenvalue weighted by molar-refractivity contribution is 0.208. The molecule has 0 spiro atoms. The molecule has 0 aliphatic carbocycles. The van der Waals surface area contributed by atoms with E-state index < -0.39 is 0 Å². The zero-order valence-corrected chi connectivity index (χ0v) is 16.4. The number of hydrogen-bond donors (Lipinski definition) is 1. The molecule has 0 amide bonds. The number of ether oxygens (including phenoxy) is 1. The largest absolute Gasteiger partial charge is 0.489 e. The molecule has 152 valence electrons. The number of likely N-dealkylation sites (tertiary alicyclic amines) is 1. The van der Waals surface area contributed by atoms with Gasteiger partial charge in [0.25, 0.3) is 5.56 Å². The van der Waals surface area contributed by atoms with E-state index in [4.69, 9.17) is 4.74 Å². The third kappa shape index (κ3) is 3.57. The molecule has 1 atom stereocenters. The number of aromatic amines is 1. The SMILES string of the molecule is CN1CC[C@@H](Oc2ccc(-n3cc(-c4cc5cc(F)ccc5[nH]c4=O)nn3)cc2)C1. The van der Waals surface area contributed by atoms with Crippen molar-refractivity contribution in [1.29, 1.82) is 0 Å². The van der Waals surface area contributed by atoms with Crippen molar-refractivity contribution in [3.8, 4) is 22.7 Å². The van der Waals surface area contributed by atoms with Crippen LogP contribution in [-0.4, -0.2) is 51.1 Å². The highest BCUT2D eigenvalue weighted by Gasteiger charge is 2.20. The third-order valence-corrected chi connectivity index (χ3v) is 5.33. The fraction of sp³-hybridized carbons (Fsp3) is 0.227. The van der Waals surface area contributed by atoms with Crippen LogP contribution in [0.25, 0.3) is 27.8 Å². The number of rotatable bonds is 4. The van der Waals surface area contributed by atoms with E-state index in [0.717, 1.165) is 30.9 Å². The topological polar surface area (TPSA) is 76.0 Å². The molecule has 8 heteroatoms. The molecule has 1 N–H and O–H groups in total. The molecule has 2 aromatic carbocycles. The van der Waals surface area contributed by atoms with E-state index in [1.165, 1.54) is 12.1 Å². The Bertz CT molecular complexity index is 1260. The van der Waals surface area contributed by atoms with Crippen molar-refractivity contribution in [3.05, 3.63) is 70.9 Å². The average molecular weight is 405 g/mol. The van der Waals surface area contributed by atoms with Crippen molar-refractivity contribution in [2.24, 2.45) is 0 Å². The van der Waals surface area contributed by atoms with Crippen LogP contribution < -0.4 is 10.3 Å². The second kappa shape index (κ2) is 7.38. The Morgan fingerprint density at radius 1 is 1.17 bits per heavy atom. The van der Waals surface area contributed by atoms with Crippen molar-refractivity contribution in [2.45, 2.75) is 12.5 Å². The van der Waals surface area contributed by atoms with Gasteiger partial charge in [-0.25, -0.2) is 9.07 Å². The smallest absolute Gasteiger partial charge is 0.258 e. The third-order valence-electron chi connectivity index (χ3n) is 5.33. The number of H-pyrrole nitrogens is 1. The molecule has 0 bridgehead atoms. The maximum absolute atomic E-state index is 13.5. The molecule has 7 nitrogen and oxygen atoms in total. The summed E-state index contributed by atoms with van der Waals surface area (Å²) in [6.45, 7) is 1.98. The Morgan fingerprint density at radius 3 is 2.77 bits per heavy atom. The molecule has 0 radical (unpaired) electrons. The van der Waals surface area contributed by atoms with Gasteiger partial charge in [-0.2, -0.15) is 0 Å². The van der Waals surface area contributed by atoms with E-state index in [0.29, 0.717) is 22.2 Å². The molecule has 1 fully saturated rings.